The van der Waals surface area contributed by atoms with Crippen LogP contribution in [0.2, 0.25) is 0 Å². The number of carbonyl (C=O) groups excluding carboxylic acids is 1. The average Bonchev–Trinajstić information content (AvgIpc) is 3.57. The summed E-state index contributed by atoms with van der Waals surface area (Å²) in [6.07, 6.45) is 14.7. The molecule has 6 nitrogen and oxygen atoms in total. The number of hydrogen-bond donors (Lipinski definition) is 1. The van der Waals surface area contributed by atoms with Crippen LogP contribution in [0, 0.1) is 45.8 Å². The second kappa shape index (κ2) is 9.25. The number of carbonyl (C=O) groups is 1. The van der Waals surface area contributed by atoms with Crippen LogP contribution in [0.4, 0.5) is 0 Å². The van der Waals surface area contributed by atoms with E-state index in [2.05, 4.69) is 63.5 Å². The molecule has 0 radical (unpaired) electrons. The Morgan fingerprint density at radius 2 is 1.67 bits per heavy atom. The Kier molecular flexibility index (Phi) is 6.23. The van der Waals surface area contributed by atoms with E-state index >= 15 is 0 Å². The third kappa shape index (κ3) is 3.68. The standard InChI is InChI=1S/C36H50N4O2/c1-22(2)24-10-17-36(31-40-39-30(42-31)23-13-20-37-21-14-23)19-18-34(6)25(29(24)36)8-9-27-33(5)15-12-28(41)38-32(3,4)26(33)11-16-35(27,34)7/h13-14,20-21,24-27,29H,1,8-12,15-19H2,2-7H3,(H,38,41)/t24-,25+,26-,27+,29+,33-,34+,35+,36-/m0/s1. The number of aromatic nitrogens is 3. The van der Waals surface area contributed by atoms with Gasteiger partial charge in [0.05, 0.1) is 5.41 Å². The maximum atomic E-state index is 12.9. The van der Waals surface area contributed by atoms with Gasteiger partial charge in [-0.25, -0.2) is 0 Å². The van der Waals surface area contributed by atoms with Gasteiger partial charge in [-0.05, 0) is 137 Å². The first-order chi connectivity index (χ1) is 19.9. The minimum absolute atomic E-state index is 0.0863. The summed E-state index contributed by atoms with van der Waals surface area (Å²) in [5, 5.41) is 12.8. The second-order valence-corrected chi connectivity index (χ2v) is 16.3. The number of hydrogen-bond acceptors (Lipinski definition) is 5. The van der Waals surface area contributed by atoms with Crippen LogP contribution in [0.3, 0.4) is 0 Å². The van der Waals surface area contributed by atoms with Crippen molar-refractivity contribution < 1.29 is 9.21 Å². The van der Waals surface area contributed by atoms with Crippen molar-refractivity contribution >= 4 is 5.91 Å². The Labute approximate surface area is 251 Å². The van der Waals surface area contributed by atoms with Gasteiger partial charge in [-0.2, -0.15) is 0 Å². The Morgan fingerprint density at radius 1 is 0.905 bits per heavy atom. The molecular weight excluding hydrogens is 520 g/mol. The lowest BCUT2D eigenvalue weighted by Crippen LogP contribution is -2.66. The zero-order valence-electron chi connectivity index (χ0n) is 26.6. The zero-order chi connectivity index (χ0) is 29.7. The highest BCUT2D eigenvalue weighted by molar-refractivity contribution is 5.77. The zero-order valence-corrected chi connectivity index (χ0v) is 26.6. The summed E-state index contributed by atoms with van der Waals surface area (Å²) in [6, 6.07) is 3.90. The molecule has 2 aromatic rings. The highest BCUT2D eigenvalue weighted by Gasteiger charge is 2.71. The molecule has 226 valence electrons. The molecule has 5 fully saturated rings. The number of pyridine rings is 1. The van der Waals surface area contributed by atoms with Gasteiger partial charge in [0.1, 0.15) is 0 Å². The van der Waals surface area contributed by atoms with Crippen molar-refractivity contribution in [2.45, 2.75) is 117 Å². The topological polar surface area (TPSA) is 80.9 Å². The van der Waals surface area contributed by atoms with E-state index in [0.717, 1.165) is 37.1 Å². The molecule has 7 rings (SSSR count). The van der Waals surface area contributed by atoms with E-state index in [1.54, 1.807) is 12.4 Å². The van der Waals surface area contributed by atoms with Crippen molar-refractivity contribution in [2.24, 2.45) is 45.8 Å². The summed E-state index contributed by atoms with van der Waals surface area (Å²) in [7, 11) is 0. The Morgan fingerprint density at radius 3 is 2.40 bits per heavy atom. The van der Waals surface area contributed by atoms with E-state index in [4.69, 9.17) is 9.52 Å². The maximum Gasteiger partial charge on any atom is 0.247 e. The molecule has 42 heavy (non-hydrogen) atoms. The smallest absolute Gasteiger partial charge is 0.247 e. The fraction of sp³-hybridized carbons (Fsp3) is 0.722. The Bertz CT molecular complexity index is 1400. The monoisotopic (exact) mass is 570 g/mol. The van der Waals surface area contributed by atoms with Crippen LogP contribution in [0.1, 0.15) is 112 Å². The molecule has 0 unspecified atom stereocenters. The van der Waals surface area contributed by atoms with Crippen LogP contribution >= 0.6 is 0 Å². The fourth-order valence-corrected chi connectivity index (χ4v) is 12.3. The van der Waals surface area contributed by atoms with E-state index in [1.807, 2.05) is 12.1 Å². The van der Waals surface area contributed by atoms with Gasteiger partial charge in [-0.15, -0.1) is 10.2 Å². The van der Waals surface area contributed by atoms with Gasteiger partial charge in [0, 0.05) is 29.9 Å². The molecule has 4 aliphatic carbocycles. The van der Waals surface area contributed by atoms with Crippen LogP contribution in [-0.4, -0.2) is 26.6 Å². The molecule has 4 saturated carbocycles. The highest BCUT2D eigenvalue weighted by atomic mass is 16.4. The van der Waals surface area contributed by atoms with Crippen molar-refractivity contribution in [3.05, 3.63) is 42.6 Å². The summed E-state index contributed by atoms with van der Waals surface area (Å²) in [5.74, 6) is 4.37. The third-order valence-electron chi connectivity index (χ3n) is 14.3. The summed E-state index contributed by atoms with van der Waals surface area (Å²) in [6.45, 7) is 19.2. The van der Waals surface area contributed by atoms with E-state index in [1.165, 1.54) is 37.7 Å². The van der Waals surface area contributed by atoms with Crippen LogP contribution in [0.15, 0.2) is 41.1 Å². The Hall–Kier alpha value is -2.50. The van der Waals surface area contributed by atoms with Crippen LogP contribution in [0.5, 0.6) is 0 Å². The molecule has 9 atom stereocenters. The number of allylic oxidation sites excluding steroid dienone is 1. The van der Waals surface area contributed by atoms with E-state index < -0.39 is 0 Å². The van der Waals surface area contributed by atoms with Gasteiger partial charge in [0.15, 0.2) is 0 Å². The quantitative estimate of drug-likeness (QED) is 0.379. The molecule has 3 heterocycles. The fourth-order valence-electron chi connectivity index (χ4n) is 12.3. The first-order valence-electron chi connectivity index (χ1n) is 16.6. The molecule has 1 saturated heterocycles. The maximum absolute atomic E-state index is 12.9. The van der Waals surface area contributed by atoms with Gasteiger partial charge >= 0.3 is 0 Å². The number of nitrogens with one attached hydrogen (secondary N) is 1. The number of fused-ring (bicyclic) bond motifs is 7. The van der Waals surface area contributed by atoms with Gasteiger partial charge in [0.25, 0.3) is 0 Å². The summed E-state index contributed by atoms with van der Waals surface area (Å²) in [4.78, 5) is 17.0. The van der Waals surface area contributed by atoms with Crippen molar-refractivity contribution in [2.75, 3.05) is 0 Å². The molecule has 0 aromatic carbocycles. The third-order valence-corrected chi connectivity index (χ3v) is 14.3. The second-order valence-electron chi connectivity index (χ2n) is 16.3. The molecule has 6 heteroatoms. The highest BCUT2D eigenvalue weighted by Crippen LogP contribution is 2.76. The number of amides is 1. The van der Waals surface area contributed by atoms with Crippen molar-refractivity contribution in [3.63, 3.8) is 0 Å². The first kappa shape index (κ1) is 28.3. The number of nitrogens with zero attached hydrogens (tertiary/aromatic N) is 3. The lowest BCUT2D eigenvalue weighted by molar-refractivity contribution is -0.217. The molecule has 0 spiro atoms. The lowest BCUT2D eigenvalue weighted by Gasteiger charge is -2.71. The minimum atomic E-state index is -0.163. The van der Waals surface area contributed by atoms with Gasteiger partial charge in [-0.3, -0.25) is 9.78 Å². The number of rotatable bonds is 3. The lowest BCUT2D eigenvalue weighted by atomic mass is 9.33. The molecule has 1 amide bonds. The predicted octanol–water partition coefficient (Wildman–Crippen LogP) is 7.91. The molecule has 5 aliphatic rings. The molecule has 1 N–H and O–H groups in total. The molecule has 0 bridgehead atoms. The van der Waals surface area contributed by atoms with E-state index in [-0.39, 0.29) is 33.1 Å². The van der Waals surface area contributed by atoms with Crippen molar-refractivity contribution in [1.29, 1.82) is 0 Å². The summed E-state index contributed by atoms with van der Waals surface area (Å²) < 4.78 is 6.60. The Balaban J connectivity index is 1.29. The first-order valence-corrected chi connectivity index (χ1v) is 16.6. The van der Waals surface area contributed by atoms with Gasteiger partial charge in [0.2, 0.25) is 17.7 Å². The van der Waals surface area contributed by atoms with Gasteiger partial charge < -0.3 is 9.73 Å². The molecule has 1 aliphatic heterocycles. The van der Waals surface area contributed by atoms with Crippen molar-refractivity contribution in [1.82, 2.24) is 20.5 Å². The van der Waals surface area contributed by atoms with Crippen LogP contribution in [0.25, 0.3) is 11.5 Å². The largest absolute Gasteiger partial charge is 0.420 e. The SMILES string of the molecule is C=C(C)[C@@H]1CC[C@]2(c3nnc(-c4ccncc4)o3)CC[C@]3(C)[C@H](CC[C@@H]4[C@@]5(C)CCC(=O)NC(C)(C)[C@@H]5CC[C@]43C)[C@@H]12. The van der Waals surface area contributed by atoms with Gasteiger partial charge in [-0.1, -0.05) is 32.9 Å². The minimum Gasteiger partial charge on any atom is -0.420 e. The molecular formula is C36H50N4O2. The predicted molar refractivity (Wildman–Crippen MR) is 164 cm³/mol. The average molecular weight is 571 g/mol. The van der Waals surface area contributed by atoms with Crippen LogP contribution in [-0.2, 0) is 10.2 Å². The summed E-state index contributed by atoms with van der Waals surface area (Å²) >= 11 is 0. The summed E-state index contributed by atoms with van der Waals surface area (Å²) in [5.41, 5.74) is 2.62. The van der Waals surface area contributed by atoms with Crippen molar-refractivity contribution in [3.8, 4) is 11.5 Å². The van der Waals surface area contributed by atoms with Crippen LogP contribution < -0.4 is 5.32 Å². The van der Waals surface area contributed by atoms with E-state index in [9.17, 15) is 4.79 Å². The normalized spacial score (nSPS) is 44.1. The molecule has 2 aromatic heterocycles. The van der Waals surface area contributed by atoms with E-state index in [0.29, 0.717) is 41.9 Å².